The number of hydrogen-bond donors (Lipinski definition) is 1. The van der Waals surface area contributed by atoms with Crippen molar-refractivity contribution in [2.45, 2.75) is 26.5 Å². The molecule has 1 aromatic carbocycles. The summed E-state index contributed by atoms with van der Waals surface area (Å²) in [5, 5.41) is 22.6. The van der Waals surface area contributed by atoms with Gasteiger partial charge in [-0.1, -0.05) is 44.2 Å². The second kappa shape index (κ2) is 7.68. The normalized spacial score (nSPS) is 12.7. The highest BCUT2D eigenvalue weighted by Crippen LogP contribution is 2.29. The Kier molecular flexibility index (Phi) is 5.04. The van der Waals surface area contributed by atoms with Crippen molar-refractivity contribution in [3.8, 4) is 11.1 Å². The molecular weight excluding hydrogens is 386 g/mol. The van der Waals surface area contributed by atoms with Gasteiger partial charge in [0.2, 0.25) is 0 Å². The molecule has 9 heteroatoms. The second-order valence-corrected chi connectivity index (χ2v) is 7.35. The van der Waals surface area contributed by atoms with Gasteiger partial charge in [0, 0.05) is 13.3 Å². The van der Waals surface area contributed by atoms with Gasteiger partial charge in [-0.2, -0.15) is 5.10 Å². The van der Waals surface area contributed by atoms with Gasteiger partial charge >= 0.3 is 5.97 Å². The Morgan fingerprint density at radius 3 is 2.53 bits per heavy atom. The van der Waals surface area contributed by atoms with Crippen LogP contribution >= 0.6 is 0 Å². The molecule has 0 radical (unpaired) electrons. The van der Waals surface area contributed by atoms with Crippen LogP contribution in [0.2, 0.25) is 0 Å². The minimum atomic E-state index is -1.08. The number of carboxylic acid groups (broad SMARTS) is 1. The summed E-state index contributed by atoms with van der Waals surface area (Å²) in [6.45, 7) is 3.77. The van der Waals surface area contributed by atoms with Gasteiger partial charge < -0.3 is 9.84 Å². The van der Waals surface area contributed by atoms with Crippen molar-refractivity contribution >= 4 is 22.6 Å². The van der Waals surface area contributed by atoms with Crippen molar-refractivity contribution in [1.29, 1.82) is 0 Å². The summed E-state index contributed by atoms with van der Waals surface area (Å²) in [5.74, 6) is -1.36. The van der Waals surface area contributed by atoms with Crippen molar-refractivity contribution in [3.05, 3.63) is 58.6 Å². The standard InChI is InChI=1S/C21H21N5O4/c1-12(2)18(21(28)29)25-10-9-15-17(20(25)27)22-23-19-16(13-7-5-4-6-8-13)14(11-30-3)24-26(15)19/h4-10,12,18H,11H2,1-3H3,(H,28,29). The average Bonchev–Trinajstić information content (AvgIpc) is 3.08. The van der Waals surface area contributed by atoms with Gasteiger partial charge in [0.1, 0.15) is 11.6 Å². The Morgan fingerprint density at radius 1 is 1.17 bits per heavy atom. The largest absolute Gasteiger partial charge is 0.480 e. The smallest absolute Gasteiger partial charge is 0.327 e. The highest BCUT2D eigenvalue weighted by Gasteiger charge is 2.26. The lowest BCUT2D eigenvalue weighted by Gasteiger charge is -2.19. The summed E-state index contributed by atoms with van der Waals surface area (Å²) >= 11 is 0. The average molecular weight is 407 g/mol. The number of fused-ring (bicyclic) bond motifs is 3. The van der Waals surface area contributed by atoms with Crippen LogP contribution in [0, 0.1) is 5.92 Å². The van der Waals surface area contributed by atoms with E-state index in [0.717, 1.165) is 11.1 Å². The number of ether oxygens (including phenoxy) is 1. The van der Waals surface area contributed by atoms with Gasteiger partial charge in [0.15, 0.2) is 11.2 Å². The molecule has 1 N–H and O–H groups in total. The van der Waals surface area contributed by atoms with Crippen LogP contribution < -0.4 is 5.56 Å². The third-order valence-electron chi connectivity index (χ3n) is 5.01. The molecule has 0 aliphatic carbocycles. The maximum absolute atomic E-state index is 13.0. The minimum absolute atomic E-state index is 0.0583. The van der Waals surface area contributed by atoms with E-state index in [1.54, 1.807) is 31.5 Å². The zero-order valence-corrected chi connectivity index (χ0v) is 16.8. The molecule has 3 aromatic heterocycles. The molecule has 30 heavy (non-hydrogen) atoms. The molecule has 4 aromatic rings. The van der Waals surface area contributed by atoms with Gasteiger partial charge in [0.25, 0.3) is 5.56 Å². The van der Waals surface area contributed by atoms with E-state index in [-0.39, 0.29) is 18.0 Å². The second-order valence-electron chi connectivity index (χ2n) is 7.35. The third-order valence-corrected chi connectivity index (χ3v) is 5.01. The Hall–Kier alpha value is -3.59. The maximum atomic E-state index is 13.0. The highest BCUT2D eigenvalue weighted by molar-refractivity contribution is 5.84. The van der Waals surface area contributed by atoms with Crippen molar-refractivity contribution in [1.82, 2.24) is 24.4 Å². The number of hydrogen-bond acceptors (Lipinski definition) is 6. The quantitative estimate of drug-likeness (QED) is 0.523. The van der Waals surface area contributed by atoms with Crippen LogP contribution in [0.25, 0.3) is 27.8 Å². The van der Waals surface area contributed by atoms with Crippen LogP contribution in [0.5, 0.6) is 0 Å². The van der Waals surface area contributed by atoms with Gasteiger partial charge in [-0.15, -0.1) is 10.2 Å². The van der Waals surface area contributed by atoms with E-state index in [9.17, 15) is 14.7 Å². The lowest BCUT2D eigenvalue weighted by atomic mass is 10.0. The van der Waals surface area contributed by atoms with Gasteiger partial charge in [-0.3, -0.25) is 9.36 Å². The molecular formula is C21H21N5O4. The Labute approximate surface area is 171 Å². The fourth-order valence-corrected chi connectivity index (χ4v) is 3.69. The number of aliphatic carboxylic acids is 1. The first-order chi connectivity index (χ1) is 14.4. The molecule has 0 saturated carbocycles. The molecule has 1 atom stereocenters. The summed E-state index contributed by atoms with van der Waals surface area (Å²) in [6.07, 6.45) is 1.48. The summed E-state index contributed by atoms with van der Waals surface area (Å²) in [5.41, 5.74) is 2.84. The molecule has 0 saturated heterocycles. The lowest BCUT2D eigenvalue weighted by Crippen LogP contribution is -2.33. The Balaban J connectivity index is 2.00. The predicted molar refractivity (Wildman–Crippen MR) is 110 cm³/mol. The Bertz CT molecular complexity index is 1290. The predicted octanol–water partition coefficient (Wildman–Crippen LogP) is 2.53. The lowest BCUT2D eigenvalue weighted by molar-refractivity contribution is -0.142. The molecule has 3 heterocycles. The number of aromatic nitrogens is 5. The first-order valence-electron chi connectivity index (χ1n) is 9.50. The van der Waals surface area contributed by atoms with E-state index in [4.69, 9.17) is 4.74 Å². The zero-order valence-electron chi connectivity index (χ0n) is 16.8. The Morgan fingerprint density at radius 2 is 1.90 bits per heavy atom. The number of rotatable bonds is 6. The number of pyridine rings is 1. The van der Waals surface area contributed by atoms with E-state index >= 15 is 0 Å². The number of nitrogens with zero attached hydrogens (tertiary/aromatic N) is 5. The van der Waals surface area contributed by atoms with Gasteiger partial charge in [-0.05, 0) is 17.5 Å². The molecule has 0 fully saturated rings. The minimum Gasteiger partial charge on any atom is -0.480 e. The fraction of sp³-hybridized carbons (Fsp3) is 0.286. The van der Waals surface area contributed by atoms with Crippen molar-refractivity contribution < 1.29 is 14.6 Å². The molecule has 154 valence electrons. The third kappa shape index (κ3) is 3.13. The maximum Gasteiger partial charge on any atom is 0.327 e. The highest BCUT2D eigenvalue weighted by atomic mass is 16.5. The van der Waals surface area contributed by atoms with E-state index in [0.29, 0.717) is 16.9 Å². The molecule has 0 spiro atoms. The summed E-state index contributed by atoms with van der Waals surface area (Å²) in [4.78, 5) is 24.7. The summed E-state index contributed by atoms with van der Waals surface area (Å²) in [6, 6.07) is 10.3. The van der Waals surface area contributed by atoms with Crippen LogP contribution in [0.1, 0.15) is 25.6 Å². The van der Waals surface area contributed by atoms with Gasteiger partial charge in [-0.25, -0.2) is 9.31 Å². The van der Waals surface area contributed by atoms with Crippen LogP contribution in [-0.4, -0.2) is 42.6 Å². The van der Waals surface area contributed by atoms with E-state index < -0.39 is 17.6 Å². The SMILES string of the molecule is COCc1nn2c(nnc3c(=O)n(C(C(=O)O)C(C)C)ccc32)c1-c1ccccc1. The molecule has 0 aliphatic heterocycles. The first kappa shape index (κ1) is 19.7. The molecule has 4 rings (SSSR count). The van der Waals surface area contributed by atoms with E-state index in [1.165, 1.54) is 10.8 Å². The molecule has 9 nitrogen and oxygen atoms in total. The number of methoxy groups -OCH3 is 1. The van der Waals surface area contributed by atoms with Crippen LogP contribution in [0.4, 0.5) is 0 Å². The van der Waals surface area contributed by atoms with Crippen LogP contribution in [-0.2, 0) is 16.1 Å². The molecule has 0 bridgehead atoms. The topological polar surface area (TPSA) is 112 Å². The molecule has 1 unspecified atom stereocenters. The van der Waals surface area contributed by atoms with E-state index in [2.05, 4.69) is 15.3 Å². The summed E-state index contributed by atoms with van der Waals surface area (Å²) in [7, 11) is 1.58. The molecule has 0 aliphatic rings. The summed E-state index contributed by atoms with van der Waals surface area (Å²) < 4.78 is 8.06. The number of benzene rings is 1. The first-order valence-corrected chi connectivity index (χ1v) is 9.50. The van der Waals surface area contributed by atoms with Crippen LogP contribution in [0.3, 0.4) is 0 Å². The monoisotopic (exact) mass is 407 g/mol. The molecule has 0 amide bonds. The number of carboxylic acids is 1. The van der Waals surface area contributed by atoms with E-state index in [1.807, 2.05) is 30.3 Å². The van der Waals surface area contributed by atoms with Gasteiger partial charge in [0.05, 0.1) is 17.9 Å². The zero-order chi connectivity index (χ0) is 21.4. The number of carbonyl (C=O) groups is 1. The fourth-order valence-electron chi connectivity index (χ4n) is 3.69. The van der Waals surface area contributed by atoms with Crippen molar-refractivity contribution in [2.24, 2.45) is 5.92 Å². The van der Waals surface area contributed by atoms with Crippen molar-refractivity contribution in [3.63, 3.8) is 0 Å². The van der Waals surface area contributed by atoms with Crippen LogP contribution in [0.15, 0.2) is 47.4 Å². The van der Waals surface area contributed by atoms with Crippen molar-refractivity contribution in [2.75, 3.05) is 7.11 Å².